The molecule has 4 rings (SSSR count). The molecule has 0 saturated carbocycles. The molecule has 1 amide bonds. The molecule has 0 aliphatic rings. The number of amides is 1. The van der Waals surface area contributed by atoms with E-state index in [-0.39, 0.29) is 40.2 Å². The van der Waals surface area contributed by atoms with Gasteiger partial charge in [0.25, 0.3) is 11.2 Å². The van der Waals surface area contributed by atoms with Crippen molar-refractivity contribution >= 4 is 28.3 Å². The number of benzene rings is 3. The van der Waals surface area contributed by atoms with Crippen LogP contribution in [0.25, 0.3) is 22.3 Å². The second-order valence-corrected chi connectivity index (χ2v) is 7.71. The highest BCUT2D eigenvalue weighted by atomic mass is 19.4. The van der Waals surface area contributed by atoms with Crippen molar-refractivity contribution in [3.63, 3.8) is 0 Å². The first-order valence-corrected chi connectivity index (χ1v) is 10.3. The molecule has 35 heavy (non-hydrogen) atoms. The Labute approximate surface area is 195 Å². The number of rotatable bonds is 5. The molecular weight excluding hydrogens is 465 g/mol. The number of fused-ring (bicyclic) bond motifs is 1. The second-order valence-electron chi connectivity index (χ2n) is 7.71. The molecule has 11 heteroatoms. The van der Waals surface area contributed by atoms with Gasteiger partial charge in [0, 0.05) is 24.6 Å². The number of anilines is 1. The van der Waals surface area contributed by atoms with Crippen LogP contribution in [0, 0.1) is 10.1 Å². The summed E-state index contributed by atoms with van der Waals surface area (Å²) in [5.74, 6) is -0.509. The Balaban J connectivity index is 2.05. The molecular formula is C24H17F3N4O4. The van der Waals surface area contributed by atoms with Crippen LogP contribution in [0.3, 0.4) is 0 Å². The molecule has 0 radical (unpaired) electrons. The number of hydrogen-bond donors (Lipinski definition) is 1. The number of carbonyl (C=O) groups excluding carboxylic acids is 1. The van der Waals surface area contributed by atoms with Crippen molar-refractivity contribution in [2.24, 2.45) is 0 Å². The lowest BCUT2D eigenvalue weighted by Crippen LogP contribution is -2.25. The molecule has 0 unspecified atom stereocenters. The van der Waals surface area contributed by atoms with Gasteiger partial charge in [0.15, 0.2) is 0 Å². The topological polar surface area (TPSA) is 107 Å². The Kier molecular flexibility index (Phi) is 6.08. The van der Waals surface area contributed by atoms with Gasteiger partial charge < -0.3 is 9.88 Å². The maximum absolute atomic E-state index is 13.6. The van der Waals surface area contributed by atoms with Crippen molar-refractivity contribution in [2.45, 2.75) is 19.6 Å². The number of nitro groups is 1. The molecule has 0 aliphatic heterocycles. The molecule has 0 bridgehead atoms. The summed E-state index contributed by atoms with van der Waals surface area (Å²) in [6, 6.07) is 15.1. The van der Waals surface area contributed by atoms with E-state index in [4.69, 9.17) is 0 Å². The van der Waals surface area contributed by atoms with Crippen molar-refractivity contribution in [2.75, 3.05) is 5.32 Å². The van der Waals surface area contributed by atoms with E-state index < -0.39 is 28.1 Å². The van der Waals surface area contributed by atoms with Gasteiger partial charge in [-0.25, -0.2) is 4.98 Å². The summed E-state index contributed by atoms with van der Waals surface area (Å²) < 4.78 is 41.4. The molecule has 4 aromatic rings. The number of aromatic nitrogens is 2. The lowest BCUT2D eigenvalue weighted by Gasteiger charge is -2.16. The molecule has 3 aromatic carbocycles. The number of alkyl halides is 3. The molecule has 178 valence electrons. The third-order valence-corrected chi connectivity index (χ3v) is 5.24. The molecule has 0 spiro atoms. The third-order valence-electron chi connectivity index (χ3n) is 5.24. The van der Waals surface area contributed by atoms with E-state index >= 15 is 0 Å². The Bertz CT molecular complexity index is 1520. The number of non-ortho nitro benzene ring substituents is 1. The minimum Gasteiger partial charge on any atom is -0.326 e. The van der Waals surface area contributed by atoms with Gasteiger partial charge in [0.1, 0.15) is 5.69 Å². The predicted octanol–water partition coefficient (Wildman–Crippen LogP) is 5.00. The maximum Gasteiger partial charge on any atom is 0.416 e. The number of nitrogens with one attached hydrogen (secondary N) is 1. The summed E-state index contributed by atoms with van der Waals surface area (Å²) in [4.78, 5) is 40.1. The normalized spacial score (nSPS) is 11.4. The van der Waals surface area contributed by atoms with E-state index in [0.717, 1.165) is 24.3 Å². The van der Waals surface area contributed by atoms with Gasteiger partial charge in [-0.1, -0.05) is 30.3 Å². The molecule has 1 heterocycles. The minimum absolute atomic E-state index is 0.0153. The fraction of sp³-hybridized carbons (Fsp3) is 0.125. The standard InChI is InChI=1S/C24H17F3N4O4/c1-14(32)28-19-9-8-17(31(34)35)12-18(19)22-23(33)30(13-15-5-3-2-4-6-15)21-10-7-16(24(25,26)27)11-20(21)29-22/h2-12H,13H2,1H3,(H,28,32). The average molecular weight is 482 g/mol. The quantitative estimate of drug-likeness (QED) is 0.318. The van der Waals surface area contributed by atoms with Crippen LogP contribution in [0.15, 0.2) is 71.5 Å². The van der Waals surface area contributed by atoms with Crippen LogP contribution in [0.1, 0.15) is 18.1 Å². The van der Waals surface area contributed by atoms with E-state index in [9.17, 15) is 32.9 Å². The van der Waals surface area contributed by atoms with Gasteiger partial charge in [0.05, 0.1) is 33.8 Å². The summed E-state index contributed by atoms with van der Waals surface area (Å²) in [6.45, 7) is 1.23. The van der Waals surface area contributed by atoms with Crippen molar-refractivity contribution in [3.8, 4) is 11.3 Å². The van der Waals surface area contributed by atoms with Crippen LogP contribution in [-0.2, 0) is 17.5 Å². The van der Waals surface area contributed by atoms with E-state index in [1.165, 1.54) is 23.6 Å². The summed E-state index contributed by atoms with van der Waals surface area (Å²) in [5.41, 5.74) is -1.66. The molecule has 1 aromatic heterocycles. The van der Waals surface area contributed by atoms with Crippen LogP contribution in [-0.4, -0.2) is 20.4 Å². The highest BCUT2D eigenvalue weighted by molar-refractivity contribution is 5.94. The highest BCUT2D eigenvalue weighted by Crippen LogP contribution is 2.33. The Morgan fingerprint density at radius 3 is 2.43 bits per heavy atom. The summed E-state index contributed by atoms with van der Waals surface area (Å²) in [7, 11) is 0. The monoisotopic (exact) mass is 482 g/mol. The Morgan fingerprint density at radius 2 is 1.80 bits per heavy atom. The second kappa shape index (κ2) is 9.01. The molecule has 8 nitrogen and oxygen atoms in total. The highest BCUT2D eigenvalue weighted by Gasteiger charge is 2.31. The van der Waals surface area contributed by atoms with Crippen molar-refractivity contribution in [1.29, 1.82) is 0 Å². The first kappa shape index (κ1) is 23.6. The maximum atomic E-state index is 13.6. The molecule has 0 saturated heterocycles. The number of hydrogen-bond acceptors (Lipinski definition) is 5. The SMILES string of the molecule is CC(=O)Nc1ccc([N+](=O)[O-])cc1-c1nc2cc(C(F)(F)F)ccc2n(Cc2ccccc2)c1=O. The van der Waals surface area contributed by atoms with Gasteiger partial charge in [-0.2, -0.15) is 13.2 Å². The van der Waals surface area contributed by atoms with E-state index in [0.29, 0.717) is 5.56 Å². The van der Waals surface area contributed by atoms with Crippen LogP contribution < -0.4 is 10.9 Å². The lowest BCUT2D eigenvalue weighted by atomic mass is 10.1. The number of nitro benzene ring substituents is 1. The molecule has 1 N–H and O–H groups in total. The zero-order chi connectivity index (χ0) is 25.3. The average Bonchev–Trinajstić information content (AvgIpc) is 2.80. The van der Waals surface area contributed by atoms with Crippen LogP contribution in [0.2, 0.25) is 0 Å². The zero-order valence-corrected chi connectivity index (χ0v) is 18.2. The van der Waals surface area contributed by atoms with E-state index in [1.807, 2.05) is 0 Å². The number of nitrogens with zero attached hydrogens (tertiary/aromatic N) is 3. The predicted molar refractivity (Wildman–Crippen MR) is 123 cm³/mol. The van der Waals surface area contributed by atoms with E-state index in [2.05, 4.69) is 10.3 Å². The largest absolute Gasteiger partial charge is 0.416 e. The van der Waals surface area contributed by atoms with Gasteiger partial charge in [-0.05, 0) is 29.8 Å². The number of halogens is 3. The number of carbonyl (C=O) groups is 1. The minimum atomic E-state index is -4.65. The van der Waals surface area contributed by atoms with Crippen LogP contribution in [0.4, 0.5) is 24.5 Å². The van der Waals surface area contributed by atoms with Crippen LogP contribution in [0.5, 0.6) is 0 Å². The fourth-order valence-electron chi connectivity index (χ4n) is 3.66. The van der Waals surface area contributed by atoms with Crippen molar-refractivity contribution < 1.29 is 22.9 Å². The summed E-state index contributed by atoms with van der Waals surface area (Å²) in [5, 5.41) is 13.9. The summed E-state index contributed by atoms with van der Waals surface area (Å²) in [6.07, 6.45) is -4.65. The Morgan fingerprint density at radius 1 is 1.09 bits per heavy atom. The van der Waals surface area contributed by atoms with Crippen molar-refractivity contribution in [3.05, 3.63) is 98.3 Å². The first-order chi connectivity index (χ1) is 16.5. The molecule has 0 fully saturated rings. The van der Waals surface area contributed by atoms with Gasteiger partial charge in [-0.15, -0.1) is 0 Å². The smallest absolute Gasteiger partial charge is 0.326 e. The van der Waals surface area contributed by atoms with Gasteiger partial charge in [0.2, 0.25) is 5.91 Å². The molecule has 0 aliphatic carbocycles. The first-order valence-electron chi connectivity index (χ1n) is 10.3. The van der Waals surface area contributed by atoms with E-state index in [1.54, 1.807) is 30.3 Å². The summed E-state index contributed by atoms with van der Waals surface area (Å²) >= 11 is 0. The fourth-order valence-corrected chi connectivity index (χ4v) is 3.66. The van der Waals surface area contributed by atoms with Crippen LogP contribution >= 0.6 is 0 Å². The zero-order valence-electron chi connectivity index (χ0n) is 18.2. The Hall–Kier alpha value is -4.54. The third kappa shape index (κ3) is 4.88. The molecule has 0 atom stereocenters. The van der Waals surface area contributed by atoms with Gasteiger partial charge in [-0.3, -0.25) is 19.7 Å². The van der Waals surface area contributed by atoms with Gasteiger partial charge >= 0.3 is 6.18 Å². The lowest BCUT2D eigenvalue weighted by molar-refractivity contribution is -0.384. The van der Waals surface area contributed by atoms with Crippen molar-refractivity contribution in [1.82, 2.24) is 9.55 Å².